The highest BCUT2D eigenvalue weighted by atomic mass is 35.5. The standard InChI is InChI=1S/C22H27ClN2O5/c1-12-16(20(22(29)30)25-19(12)18(13(2)26)21(25)28)11-24(3)10-4-5-17(27)14-6-8-15(23)9-7-14/h6-9,12-13,18-19,26H,4-5,10-11H2,1-3H3,(H,29,30)/t12-,13+,18+,19+/m0/s1. The summed E-state index contributed by atoms with van der Waals surface area (Å²) < 4.78 is 0. The molecule has 0 bridgehead atoms. The van der Waals surface area contributed by atoms with Crippen molar-refractivity contribution < 1.29 is 24.6 Å². The number of likely N-dealkylation sites (N-methyl/N-ethyl adjacent to an activating group) is 1. The number of carboxylic acids is 1. The molecule has 0 unspecified atom stereocenters. The number of aliphatic hydroxyl groups excluding tert-OH is 1. The zero-order chi connectivity index (χ0) is 22.2. The number of rotatable bonds is 9. The van der Waals surface area contributed by atoms with Gasteiger partial charge in [-0.15, -0.1) is 0 Å². The molecule has 1 fully saturated rings. The van der Waals surface area contributed by atoms with Crippen molar-refractivity contribution >= 4 is 29.3 Å². The molecule has 2 heterocycles. The van der Waals surface area contributed by atoms with Crippen molar-refractivity contribution in [3.8, 4) is 0 Å². The number of aliphatic hydroxyl groups is 1. The average molecular weight is 435 g/mol. The number of aliphatic carboxylic acids is 1. The molecular formula is C22H27ClN2O5. The SMILES string of the molecule is C[C@@H](O)[C@H]1C(=O)N2C(C(=O)O)=C(CN(C)CCCC(=O)c3ccc(Cl)cc3)[C@H](C)[C@H]12. The average Bonchev–Trinajstić information content (AvgIpc) is 2.91. The van der Waals surface area contributed by atoms with Crippen LogP contribution in [0.15, 0.2) is 35.5 Å². The second kappa shape index (κ2) is 8.88. The number of halogens is 1. The third-order valence-corrected chi connectivity index (χ3v) is 6.32. The minimum Gasteiger partial charge on any atom is -0.477 e. The van der Waals surface area contributed by atoms with Gasteiger partial charge in [-0.05, 0) is 56.8 Å². The summed E-state index contributed by atoms with van der Waals surface area (Å²) in [6.45, 7) is 4.48. The number of hydrogen-bond donors (Lipinski definition) is 2. The van der Waals surface area contributed by atoms with E-state index in [0.717, 1.165) is 0 Å². The molecule has 3 rings (SSSR count). The molecule has 8 heteroatoms. The lowest BCUT2D eigenvalue weighted by Gasteiger charge is -2.46. The van der Waals surface area contributed by atoms with Gasteiger partial charge in [0.1, 0.15) is 5.70 Å². The Morgan fingerprint density at radius 1 is 1.27 bits per heavy atom. The maximum atomic E-state index is 12.4. The van der Waals surface area contributed by atoms with Gasteiger partial charge < -0.3 is 20.0 Å². The number of carboxylic acid groups (broad SMARTS) is 1. The Labute approximate surface area is 180 Å². The monoisotopic (exact) mass is 434 g/mol. The van der Waals surface area contributed by atoms with Gasteiger partial charge in [0.15, 0.2) is 5.78 Å². The number of ketones is 1. The summed E-state index contributed by atoms with van der Waals surface area (Å²) in [6.07, 6.45) is 0.195. The van der Waals surface area contributed by atoms with E-state index in [0.29, 0.717) is 42.1 Å². The van der Waals surface area contributed by atoms with Crippen LogP contribution in [-0.2, 0) is 9.59 Å². The molecular weight excluding hydrogens is 408 g/mol. The maximum absolute atomic E-state index is 12.4. The normalized spacial score (nSPS) is 24.1. The van der Waals surface area contributed by atoms with Crippen molar-refractivity contribution in [1.82, 2.24) is 9.80 Å². The van der Waals surface area contributed by atoms with Gasteiger partial charge in [0, 0.05) is 29.5 Å². The number of carbonyl (C=O) groups is 3. The molecule has 30 heavy (non-hydrogen) atoms. The van der Waals surface area contributed by atoms with E-state index < -0.39 is 18.0 Å². The first-order valence-electron chi connectivity index (χ1n) is 10.1. The first kappa shape index (κ1) is 22.5. The molecule has 162 valence electrons. The zero-order valence-electron chi connectivity index (χ0n) is 17.3. The number of fused-ring (bicyclic) bond motifs is 1. The molecule has 4 atom stereocenters. The van der Waals surface area contributed by atoms with Crippen LogP contribution in [-0.4, -0.2) is 70.0 Å². The quantitative estimate of drug-likeness (QED) is 0.457. The highest BCUT2D eigenvalue weighted by molar-refractivity contribution is 6.30. The smallest absolute Gasteiger partial charge is 0.352 e. The van der Waals surface area contributed by atoms with Crippen molar-refractivity contribution in [1.29, 1.82) is 0 Å². The lowest BCUT2D eigenvalue weighted by atomic mass is 9.77. The topological polar surface area (TPSA) is 98.2 Å². The van der Waals surface area contributed by atoms with Crippen molar-refractivity contribution in [3.63, 3.8) is 0 Å². The van der Waals surface area contributed by atoms with Crippen molar-refractivity contribution in [2.75, 3.05) is 20.1 Å². The fraction of sp³-hybridized carbons (Fsp3) is 0.500. The van der Waals surface area contributed by atoms with Crippen molar-refractivity contribution in [2.45, 2.75) is 38.8 Å². The molecule has 2 aliphatic heterocycles. The summed E-state index contributed by atoms with van der Waals surface area (Å²) in [6, 6.07) is 6.48. The lowest BCUT2D eigenvalue weighted by Crippen LogP contribution is -2.63. The van der Waals surface area contributed by atoms with Crippen LogP contribution in [0, 0.1) is 11.8 Å². The van der Waals surface area contributed by atoms with E-state index in [2.05, 4.69) is 0 Å². The van der Waals surface area contributed by atoms with Crippen LogP contribution in [0.25, 0.3) is 0 Å². The maximum Gasteiger partial charge on any atom is 0.352 e. The predicted octanol–water partition coefficient (Wildman–Crippen LogP) is 2.43. The van der Waals surface area contributed by atoms with E-state index in [1.54, 1.807) is 31.2 Å². The molecule has 0 spiro atoms. The minimum absolute atomic E-state index is 0.0364. The van der Waals surface area contributed by atoms with E-state index in [4.69, 9.17) is 11.6 Å². The van der Waals surface area contributed by atoms with Crippen LogP contribution in [0.1, 0.15) is 37.0 Å². The Hall–Kier alpha value is -2.22. The van der Waals surface area contributed by atoms with E-state index >= 15 is 0 Å². The van der Waals surface area contributed by atoms with Gasteiger partial charge in [-0.2, -0.15) is 0 Å². The van der Waals surface area contributed by atoms with Gasteiger partial charge in [0.2, 0.25) is 5.91 Å². The lowest BCUT2D eigenvalue weighted by molar-refractivity contribution is -0.163. The molecule has 1 aromatic rings. The summed E-state index contributed by atoms with van der Waals surface area (Å²) in [4.78, 5) is 39.8. The first-order chi connectivity index (χ1) is 14.1. The summed E-state index contributed by atoms with van der Waals surface area (Å²) >= 11 is 5.85. The number of hydrogen-bond acceptors (Lipinski definition) is 5. The summed E-state index contributed by atoms with van der Waals surface area (Å²) in [5, 5.41) is 20.2. The Balaban J connectivity index is 1.60. The molecule has 0 radical (unpaired) electrons. The van der Waals surface area contributed by atoms with Crippen LogP contribution in [0.4, 0.5) is 0 Å². The molecule has 1 aromatic carbocycles. The summed E-state index contributed by atoms with van der Waals surface area (Å²) in [7, 11) is 1.87. The molecule has 7 nitrogen and oxygen atoms in total. The molecule has 1 amide bonds. The van der Waals surface area contributed by atoms with Crippen LogP contribution in [0.5, 0.6) is 0 Å². The molecule has 1 saturated heterocycles. The van der Waals surface area contributed by atoms with Crippen molar-refractivity contribution in [3.05, 3.63) is 46.1 Å². The van der Waals surface area contributed by atoms with E-state index in [9.17, 15) is 24.6 Å². The number of β-lactam (4-membered cyclic amide) rings is 1. The highest BCUT2D eigenvalue weighted by Crippen LogP contribution is 2.47. The molecule has 2 aliphatic rings. The molecule has 2 N–H and O–H groups in total. The highest BCUT2D eigenvalue weighted by Gasteiger charge is 2.59. The number of benzene rings is 1. The fourth-order valence-corrected chi connectivity index (χ4v) is 4.64. The second-order valence-corrected chi connectivity index (χ2v) is 8.64. The zero-order valence-corrected chi connectivity index (χ0v) is 18.1. The van der Waals surface area contributed by atoms with Crippen LogP contribution < -0.4 is 0 Å². The predicted molar refractivity (Wildman–Crippen MR) is 112 cm³/mol. The van der Waals surface area contributed by atoms with Gasteiger partial charge in [0.25, 0.3) is 0 Å². The summed E-state index contributed by atoms with van der Waals surface area (Å²) in [5.74, 6) is -2.12. The van der Waals surface area contributed by atoms with Crippen LogP contribution in [0.2, 0.25) is 5.02 Å². The van der Waals surface area contributed by atoms with Gasteiger partial charge in [-0.25, -0.2) is 4.79 Å². The fourth-order valence-electron chi connectivity index (χ4n) is 4.51. The third-order valence-electron chi connectivity index (χ3n) is 6.07. The van der Waals surface area contributed by atoms with Crippen molar-refractivity contribution in [2.24, 2.45) is 11.8 Å². The molecule has 0 aromatic heterocycles. The third kappa shape index (κ3) is 4.15. The molecule has 0 aliphatic carbocycles. The van der Waals surface area contributed by atoms with Gasteiger partial charge >= 0.3 is 5.97 Å². The Bertz CT molecular complexity index is 880. The Morgan fingerprint density at radius 2 is 1.90 bits per heavy atom. The van der Waals surface area contributed by atoms with E-state index in [-0.39, 0.29) is 29.3 Å². The number of carbonyl (C=O) groups excluding carboxylic acids is 2. The number of Topliss-reactive ketones (excluding diaryl/α,β-unsaturated/α-hetero) is 1. The largest absolute Gasteiger partial charge is 0.477 e. The summed E-state index contributed by atoms with van der Waals surface area (Å²) in [5.41, 5.74) is 1.35. The first-order valence-corrected chi connectivity index (χ1v) is 10.5. The minimum atomic E-state index is -1.12. The van der Waals surface area contributed by atoms with Gasteiger partial charge in [-0.3, -0.25) is 9.59 Å². The van der Waals surface area contributed by atoms with E-state index in [1.807, 2.05) is 18.9 Å². The van der Waals surface area contributed by atoms with Gasteiger partial charge in [-0.1, -0.05) is 18.5 Å². The Morgan fingerprint density at radius 3 is 2.47 bits per heavy atom. The molecule has 0 saturated carbocycles. The Kier molecular flexibility index (Phi) is 6.65. The van der Waals surface area contributed by atoms with Gasteiger partial charge in [0.05, 0.1) is 18.1 Å². The number of nitrogens with zero attached hydrogens (tertiary/aromatic N) is 2. The van der Waals surface area contributed by atoms with Crippen LogP contribution in [0.3, 0.4) is 0 Å². The number of amides is 1. The van der Waals surface area contributed by atoms with E-state index in [1.165, 1.54) is 4.90 Å². The second-order valence-electron chi connectivity index (χ2n) is 8.20. The van der Waals surface area contributed by atoms with Crippen LogP contribution >= 0.6 is 11.6 Å².